The van der Waals surface area contributed by atoms with E-state index in [1.807, 2.05) is 30.3 Å². The van der Waals surface area contributed by atoms with E-state index >= 15 is 0 Å². The molecule has 3 aromatic rings. The minimum absolute atomic E-state index is 0.0294. The summed E-state index contributed by atoms with van der Waals surface area (Å²) in [6.45, 7) is 3.32. The number of anilines is 1. The Hall–Kier alpha value is -3.48. The van der Waals surface area contributed by atoms with Crippen LogP contribution >= 0.6 is 0 Å². The highest BCUT2D eigenvalue weighted by molar-refractivity contribution is 5.97. The molecule has 4 rings (SSSR count). The third-order valence-corrected chi connectivity index (χ3v) is 4.87. The number of carbonyl (C=O) groups excluding carboxylic acids is 2. The zero-order valence-electron chi connectivity index (χ0n) is 15.6. The first-order valence-corrected chi connectivity index (χ1v) is 9.19. The maximum absolute atomic E-state index is 12.6. The van der Waals surface area contributed by atoms with Crippen LogP contribution in [0.25, 0.3) is 0 Å². The molecule has 1 N–H and O–H groups in total. The minimum atomic E-state index is -0.120. The van der Waals surface area contributed by atoms with Crippen molar-refractivity contribution in [3.63, 3.8) is 0 Å². The van der Waals surface area contributed by atoms with Crippen LogP contribution in [0, 0.1) is 0 Å². The van der Waals surface area contributed by atoms with Crippen molar-refractivity contribution in [3.8, 4) is 0 Å². The van der Waals surface area contributed by atoms with Gasteiger partial charge < -0.3 is 10.2 Å². The number of benzene rings is 2. The van der Waals surface area contributed by atoms with Gasteiger partial charge in [-0.3, -0.25) is 9.59 Å². The van der Waals surface area contributed by atoms with Gasteiger partial charge in [-0.2, -0.15) is 5.10 Å². The fourth-order valence-electron chi connectivity index (χ4n) is 3.49. The molecule has 0 spiro atoms. The second-order valence-electron chi connectivity index (χ2n) is 6.86. The normalized spacial score (nSPS) is 12.7. The van der Waals surface area contributed by atoms with E-state index in [-0.39, 0.29) is 11.8 Å². The van der Waals surface area contributed by atoms with Crippen molar-refractivity contribution >= 4 is 17.5 Å². The Bertz CT molecular complexity index is 1010. The second-order valence-corrected chi connectivity index (χ2v) is 6.86. The summed E-state index contributed by atoms with van der Waals surface area (Å²) < 4.78 is 1.76. The van der Waals surface area contributed by atoms with E-state index < -0.39 is 0 Å². The summed E-state index contributed by atoms with van der Waals surface area (Å²) in [6.07, 6.45) is 3.96. The van der Waals surface area contributed by atoms with E-state index in [2.05, 4.69) is 21.5 Å². The summed E-state index contributed by atoms with van der Waals surface area (Å²) in [5, 5.41) is 7.08. The molecule has 0 saturated carbocycles. The van der Waals surface area contributed by atoms with Crippen molar-refractivity contribution in [3.05, 3.63) is 77.4 Å². The molecular formula is C21H21N5O2. The van der Waals surface area contributed by atoms with Gasteiger partial charge in [0.15, 0.2) is 0 Å². The predicted octanol–water partition coefficient (Wildman–Crippen LogP) is 2.17. The van der Waals surface area contributed by atoms with Crippen molar-refractivity contribution in [2.75, 3.05) is 11.4 Å². The fourth-order valence-corrected chi connectivity index (χ4v) is 3.49. The molecule has 0 saturated heterocycles. The van der Waals surface area contributed by atoms with Gasteiger partial charge in [-0.05, 0) is 41.3 Å². The lowest BCUT2D eigenvalue weighted by atomic mass is 10.1. The average molecular weight is 375 g/mol. The Morgan fingerprint density at radius 3 is 2.79 bits per heavy atom. The molecule has 0 aliphatic carbocycles. The van der Waals surface area contributed by atoms with Crippen LogP contribution in [-0.4, -0.2) is 33.1 Å². The van der Waals surface area contributed by atoms with Gasteiger partial charge in [0.25, 0.3) is 5.91 Å². The molecule has 2 heterocycles. The number of hydrogen-bond donors (Lipinski definition) is 1. The summed E-state index contributed by atoms with van der Waals surface area (Å²) >= 11 is 0. The van der Waals surface area contributed by atoms with Crippen LogP contribution in [0.4, 0.5) is 5.69 Å². The van der Waals surface area contributed by atoms with E-state index in [0.717, 1.165) is 28.8 Å². The third-order valence-electron chi connectivity index (χ3n) is 4.87. The van der Waals surface area contributed by atoms with Crippen LogP contribution in [0.2, 0.25) is 0 Å². The number of hydrogen-bond acceptors (Lipinski definition) is 4. The van der Waals surface area contributed by atoms with Gasteiger partial charge in [-0.15, -0.1) is 0 Å². The highest BCUT2D eigenvalue weighted by atomic mass is 16.2. The number of fused-ring (bicyclic) bond motifs is 1. The molecule has 1 aliphatic heterocycles. The van der Waals surface area contributed by atoms with Gasteiger partial charge in [-0.1, -0.05) is 24.3 Å². The third kappa shape index (κ3) is 3.78. The van der Waals surface area contributed by atoms with E-state index in [4.69, 9.17) is 0 Å². The largest absolute Gasteiger partial charge is 0.348 e. The molecule has 1 aliphatic rings. The zero-order valence-corrected chi connectivity index (χ0v) is 15.6. The molecule has 0 atom stereocenters. The number of rotatable bonds is 5. The lowest BCUT2D eigenvalue weighted by Crippen LogP contribution is -2.26. The van der Waals surface area contributed by atoms with Gasteiger partial charge in [0.05, 0.1) is 6.54 Å². The lowest BCUT2D eigenvalue weighted by molar-refractivity contribution is -0.116. The predicted molar refractivity (Wildman–Crippen MR) is 105 cm³/mol. The minimum Gasteiger partial charge on any atom is -0.348 e. The Morgan fingerprint density at radius 2 is 2.00 bits per heavy atom. The highest BCUT2D eigenvalue weighted by Crippen LogP contribution is 2.28. The first-order valence-electron chi connectivity index (χ1n) is 9.19. The topological polar surface area (TPSA) is 80.1 Å². The van der Waals surface area contributed by atoms with Gasteiger partial charge >= 0.3 is 0 Å². The molecule has 0 fully saturated rings. The van der Waals surface area contributed by atoms with E-state index in [1.54, 1.807) is 28.9 Å². The Labute approximate surface area is 163 Å². The van der Waals surface area contributed by atoms with Crippen LogP contribution in [0.15, 0.2) is 55.1 Å². The quantitative estimate of drug-likeness (QED) is 0.741. The summed E-state index contributed by atoms with van der Waals surface area (Å²) in [5.74, 6) is -0.0903. The van der Waals surface area contributed by atoms with Gasteiger partial charge in [0.1, 0.15) is 12.7 Å². The van der Waals surface area contributed by atoms with Gasteiger partial charge in [0, 0.05) is 31.3 Å². The zero-order chi connectivity index (χ0) is 19.5. The molecular weight excluding hydrogens is 354 g/mol. The van der Waals surface area contributed by atoms with E-state index in [0.29, 0.717) is 25.2 Å². The van der Waals surface area contributed by atoms with Gasteiger partial charge in [0.2, 0.25) is 5.91 Å². The molecule has 0 radical (unpaired) electrons. The number of aromatic nitrogens is 3. The number of carbonyl (C=O) groups is 2. The first kappa shape index (κ1) is 17.9. The fraction of sp³-hybridized carbons (Fsp3) is 0.238. The van der Waals surface area contributed by atoms with Crippen LogP contribution < -0.4 is 10.2 Å². The SMILES string of the molecule is CC(=O)N1CCc2cc(C(=O)NCc3cccc(Cn4cncn4)c3)ccc21. The molecule has 7 heteroatoms. The van der Waals surface area contributed by atoms with Crippen LogP contribution in [0.1, 0.15) is 34.0 Å². The Balaban J connectivity index is 1.40. The summed E-state index contributed by atoms with van der Waals surface area (Å²) in [4.78, 5) is 29.9. The molecule has 0 unspecified atom stereocenters. The molecule has 0 bridgehead atoms. The lowest BCUT2D eigenvalue weighted by Gasteiger charge is -2.14. The molecule has 1 aromatic heterocycles. The molecule has 142 valence electrons. The highest BCUT2D eigenvalue weighted by Gasteiger charge is 2.23. The Kier molecular flexibility index (Phi) is 4.89. The van der Waals surface area contributed by atoms with E-state index in [1.165, 1.54) is 6.33 Å². The Morgan fingerprint density at radius 1 is 1.14 bits per heavy atom. The molecule has 2 aromatic carbocycles. The first-order chi connectivity index (χ1) is 13.6. The second kappa shape index (κ2) is 7.64. The van der Waals surface area contributed by atoms with Crippen molar-refractivity contribution in [2.24, 2.45) is 0 Å². The summed E-state index contributed by atoms with van der Waals surface area (Å²) in [5.41, 5.74) is 4.68. The summed E-state index contributed by atoms with van der Waals surface area (Å²) in [7, 11) is 0. The number of amides is 2. The van der Waals surface area contributed by atoms with Crippen molar-refractivity contribution in [1.82, 2.24) is 20.1 Å². The smallest absolute Gasteiger partial charge is 0.251 e. The molecule has 28 heavy (non-hydrogen) atoms. The molecule has 7 nitrogen and oxygen atoms in total. The summed E-state index contributed by atoms with van der Waals surface area (Å²) in [6, 6.07) is 13.5. The monoisotopic (exact) mass is 375 g/mol. The van der Waals surface area contributed by atoms with Crippen molar-refractivity contribution < 1.29 is 9.59 Å². The number of nitrogens with one attached hydrogen (secondary N) is 1. The van der Waals surface area contributed by atoms with Crippen LogP contribution in [-0.2, 0) is 24.3 Å². The van der Waals surface area contributed by atoms with Crippen LogP contribution in [0.5, 0.6) is 0 Å². The van der Waals surface area contributed by atoms with Gasteiger partial charge in [-0.25, -0.2) is 9.67 Å². The van der Waals surface area contributed by atoms with Crippen molar-refractivity contribution in [2.45, 2.75) is 26.4 Å². The van der Waals surface area contributed by atoms with Crippen molar-refractivity contribution in [1.29, 1.82) is 0 Å². The standard InChI is InChI=1S/C21H21N5O2/c1-15(27)26-8-7-18-10-19(5-6-20(18)26)21(28)23-11-16-3-2-4-17(9-16)12-25-14-22-13-24-25/h2-6,9-10,13-14H,7-8,11-12H2,1H3,(H,23,28). The average Bonchev–Trinajstić information content (AvgIpc) is 3.35. The number of nitrogens with zero attached hydrogens (tertiary/aromatic N) is 4. The van der Waals surface area contributed by atoms with E-state index in [9.17, 15) is 9.59 Å². The maximum Gasteiger partial charge on any atom is 0.251 e. The molecule has 2 amide bonds. The maximum atomic E-state index is 12.6. The van der Waals surface area contributed by atoms with Crippen LogP contribution in [0.3, 0.4) is 0 Å².